The number of nitrogens with zero attached hydrogens (tertiary/aromatic N) is 4. The molecule has 2 rings (SSSR count). The van der Waals surface area contributed by atoms with Crippen molar-refractivity contribution in [3.8, 4) is 11.8 Å². The van der Waals surface area contributed by atoms with Crippen molar-refractivity contribution in [1.82, 2.24) is 20.0 Å². The minimum atomic E-state index is -0.149. The van der Waals surface area contributed by atoms with Gasteiger partial charge in [0.05, 0.1) is 29.6 Å². The van der Waals surface area contributed by atoms with E-state index in [4.69, 9.17) is 5.26 Å². The maximum Gasteiger partial charge on any atom is 0.244 e. The number of rotatable bonds is 6. The first-order chi connectivity index (χ1) is 11.9. The highest BCUT2D eigenvalue weighted by Gasteiger charge is 2.15. The molecular weight excluding hydrogens is 314 g/mol. The molecule has 2 aromatic rings. The van der Waals surface area contributed by atoms with Gasteiger partial charge in [-0.15, -0.1) is 0 Å². The fourth-order valence-electron chi connectivity index (χ4n) is 2.49. The Labute approximate surface area is 148 Å². The molecule has 0 aliphatic carbocycles. The summed E-state index contributed by atoms with van der Waals surface area (Å²) in [5.74, 6) is -0.125. The lowest BCUT2D eigenvalue weighted by molar-refractivity contribution is -0.117. The molecule has 25 heavy (non-hydrogen) atoms. The van der Waals surface area contributed by atoms with Crippen LogP contribution in [0.5, 0.6) is 0 Å². The van der Waals surface area contributed by atoms with E-state index in [9.17, 15) is 4.79 Å². The summed E-state index contributed by atoms with van der Waals surface area (Å²) in [4.78, 5) is 14.0. The molecule has 1 unspecified atom stereocenters. The molecule has 130 valence electrons. The molecule has 6 nitrogen and oxygen atoms in total. The van der Waals surface area contributed by atoms with E-state index >= 15 is 0 Å². The maximum absolute atomic E-state index is 12.0. The normalized spacial score (nSPS) is 12.3. The van der Waals surface area contributed by atoms with Crippen LogP contribution in [0.2, 0.25) is 0 Å². The molecule has 1 amide bonds. The lowest BCUT2D eigenvalue weighted by Gasteiger charge is -2.13. The van der Waals surface area contributed by atoms with Gasteiger partial charge >= 0.3 is 0 Å². The van der Waals surface area contributed by atoms with Crippen LogP contribution in [0.4, 0.5) is 0 Å². The molecule has 0 aliphatic rings. The molecule has 0 aliphatic heterocycles. The summed E-state index contributed by atoms with van der Waals surface area (Å²) in [6.07, 6.45) is 5.15. The third-order valence-electron chi connectivity index (χ3n) is 3.85. The van der Waals surface area contributed by atoms with Crippen LogP contribution in [-0.4, -0.2) is 41.2 Å². The average Bonchev–Trinajstić information content (AvgIpc) is 2.96. The second-order valence-electron chi connectivity index (χ2n) is 6.15. The van der Waals surface area contributed by atoms with E-state index in [-0.39, 0.29) is 11.9 Å². The van der Waals surface area contributed by atoms with Crippen LogP contribution < -0.4 is 5.32 Å². The zero-order valence-corrected chi connectivity index (χ0v) is 15.0. The largest absolute Gasteiger partial charge is 0.346 e. The lowest BCUT2D eigenvalue weighted by atomic mass is 10.1. The molecule has 0 spiro atoms. The predicted octanol–water partition coefficient (Wildman–Crippen LogP) is 2.35. The Hall–Kier alpha value is -2.91. The second-order valence-corrected chi connectivity index (χ2v) is 6.15. The first kappa shape index (κ1) is 18.4. The molecule has 0 fully saturated rings. The fourth-order valence-corrected chi connectivity index (χ4v) is 2.49. The Bertz CT molecular complexity index is 796. The molecule has 0 saturated heterocycles. The van der Waals surface area contributed by atoms with Crippen LogP contribution in [-0.2, 0) is 4.79 Å². The highest BCUT2D eigenvalue weighted by molar-refractivity contribution is 5.87. The van der Waals surface area contributed by atoms with Crippen molar-refractivity contribution in [3.05, 3.63) is 59.4 Å². The van der Waals surface area contributed by atoms with E-state index in [0.29, 0.717) is 5.56 Å². The van der Waals surface area contributed by atoms with Crippen molar-refractivity contribution in [1.29, 1.82) is 5.26 Å². The number of carbonyl (C=O) groups excluding carboxylic acids is 1. The first-order valence-corrected chi connectivity index (χ1v) is 8.09. The van der Waals surface area contributed by atoms with Gasteiger partial charge < -0.3 is 10.2 Å². The van der Waals surface area contributed by atoms with Gasteiger partial charge in [-0.25, -0.2) is 4.68 Å². The van der Waals surface area contributed by atoms with Crippen molar-refractivity contribution in [2.75, 3.05) is 20.6 Å². The van der Waals surface area contributed by atoms with Gasteiger partial charge in [-0.3, -0.25) is 4.79 Å². The number of nitrogens with one attached hydrogen (secondary N) is 1. The molecule has 0 radical (unpaired) electrons. The van der Waals surface area contributed by atoms with E-state index in [2.05, 4.69) is 16.5 Å². The number of carbonyl (C=O) groups is 1. The molecule has 0 saturated carbocycles. The molecule has 1 heterocycles. The number of hydrogen-bond acceptors (Lipinski definition) is 4. The maximum atomic E-state index is 12.0. The Morgan fingerprint density at radius 3 is 2.68 bits per heavy atom. The van der Waals surface area contributed by atoms with Crippen LogP contribution in [0.1, 0.15) is 29.8 Å². The highest BCUT2D eigenvalue weighted by atomic mass is 16.1. The van der Waals surface area contributed by atoms with Gasteiger partial charge in [0.25, 0.3) is 0 Å². The van der Waals surface area contributed by atoms with Crippen molar-refractivity contribution in [2.45, 2.75) is 19.9 Å². The van der Waals surface area contributed by atoms with Gasteiger partial charge in [0, 0.05) is 23.9 Å². The van der Waals surface area contributed by atoms with Crippen molar-refractivity contribution in [2.24, 2.45) is 0 Å². The van der Waals surface area contributed by atoms with E-state index in [0.717, 1.165) is 23.5 Å². The first-order valence-electron chi connectivity index (χ1n) is 8.09. The van der Waals surface area contributed by atoms with Crippen LogP contribution in [0.25, 0.3) is 5.69 Å². The summed E-state index contributed by atoms with van der Waals surface area (Å²) in [6.45, 7) is 4.62. The topological polar surface area (TPSA) is 74.0 Å². The average molecular weight is 337 g/mol. The van der Waals surface area contributed by atoms with Crippen molar-refractivity contribution < 1.29 is 4.79 Å². The third kappa shape index (κ3) is 4.78. The lowest BCUT2D eigenvalue weighted by Crippen LogP contribution is -2.25. The number of benzene rings is 1. The van der Waals surface area contributed by atoms with Crippen molar-refractivity contribution >= 4 is 5.91 Å². The fraction of sp³-hybridized carbons (Fsp3) is 0.316. The van der Waals surface area contributed by atoms with E-state index in [1.54, 1.807) is 29.1 Å². The number of aromatic nitrogens is 2. The van der Waals surface area contributed by atoms with Crippen molar-refractivity contribution in [3.63, 3.8) is 0 Å². The van der Waals surface area contributed by atoms with Crippen LogP contribution in [0, 0.1) is 18.3 Å². The minimum Gasteiger partial charge on any atom is -0.346 e. The Morgan fingerprint density at radius 1 is 1.40 bits per heavy atom. The van der Waals surface area contributed by atoms with E-state index in [1.165, 1.54) is 0 Å². The number of nitriles is 1. The molecule has 6 heteroatoms. The van der Waals surface area contributed by atoms with Crippen LogP contribution in [0.3, 0.4) is 0 Å². The standard InChI is InChI=1S/C19H23N5O/c1-14(22-19(25)6-5-11-23(3)4)18-13-21-24(15(18)2)17-9-7-16(12-20)8-10-17/h5-10,13-14H,11H2,1-4H3,(H,22,25)/b6-5+. The number of amides is 1. The monoisotopic (exact) mass is 337 g/mol. The molecule has 1 atom stereocenters. The van der Waals surface area contributed by atoms with E-state index < -0.39 is 0 Å². The SMILES string of the molecule is Cc1c(C(C)NC(=O)/C=C/CN(C)C)cnn1-c1ccc(C#N)cc1. The minimum absolute atomic E-state index is 0.125. The Balaban J connectivity index is 2.10. The Kier molecular flexibility index (Phi) is 6.09. The molecule has 1 aromatic carbocycles. The van der Waals surface area contributed by atoms with Crippen LogP contribution in [0.15, 0.2) is 42.6 Å². The quantitative estimate of drug-likeness (QED) is 0.821. The summed E-state index contributed by atoms with van der Waals surface area (Å²) < 4.78 is 1.81. The summed E-state index contributed by atoms with van der Waals surface area (Å²) in [5.41, 5.74) is 3.40. The molecule has 1 aromatic heterocycles. The summed E-state index contributed by atoms with van der Waals surface area (Å²) >= 11 is 0. The molecular formula is C19H23N5O. The van der Waals surface area contributed by atoms with Gasteiger partial charge in [-0.1, -0.05) is 6.08 Å². The van der Waals surface area contributed by atoms with Gasteiger partial charge in [0.2, 0.25) is 5.91 Å². The second kappa shape index (κ2) is 8.27. The Morgan fingerprint density at radius 2 is 2.08 bits per heavy atom. The predicted molar refractivity (Wildman–Crippen MR) is 97.3 cm³/mol. The smallest absolute Gasteiger partial charge is 0.244 e. The molecule has 1 N–H and O–H groups in total. The van der Waals surface area contributed by atoms with Gasteiger partial charge in [0.1, 0.15) is 0 Å². The number of likely N-dealkylation sites (N-methyl/N-ethyl adjacent to an activating group) is 1. The summed E-state index contributed by atoms with van der Waals surface area (Å²) in [6, 6.07) is 9.19. The van der Waals surface area contributed by atoms with Gasteiger partial charge in [0.15, 0.2) is 0 Å². The third-order valence-corrected chi connectivity index (χ3v) is 3.85. The zero-order chi connectivity index (χ0) is 18.4. The van der Waals surface area contributed by atoms with Gasteiger partial charge in [-0.05, 0) is 52.2 Å². The highest BCUT2D eigenvalue weighted by Crippen LogP contribution is 2.20. The summed E-state index contributed by atoms with van der Waals surface area (Å²) in [7, 11) is 3.90. The van der Waals surface area contributed by atoms with Gasteiger partial charge in [-0.2, -0.15) is 10.4 Å². The molecule has 0 bridgehead atoms. The zero-order valence-electron chi connectivity index (χ0n) is 15.0. The number of hydrogen-bond donors (Lipinski definition) is 1. The van der Waals surface area contributed by atoms with Crippen LogP contribution >= 0.6 is 0 Å². The summed E-state index contributed by atoms with van der Waals surface area (Å²) in [5, 5.41) is 16.3. The van der Waals surface area contributed by atoms with E-state index in [1.807, 2.05) is 51.1 Å².